The van der Waals surface area contributed by atoms with E-state index in [1.165, 1.54) is 14.2 Å². The van der Waals surface area contributed by atoms with Gasteiger partial charge in [-0.3, -0.25) is 0 Å². The third kappa shape index (κ3) is 2.64. The molecule has 16 heavy (non-hydrogen) atoms. The van der Waals surface area contributed by atoms with Crippen LogP contribution in [0.2, 0.25) is 0 Å². The number of ether oxygens (including phenoxy) is 2. The summed E-state index contributed by atoms with van der Waals surface area (Å²) in [5.74, 6) is -0.0599. The van der Waals surface area contributed by atoms with Crippen molar-refractivity contribution in [2.24, 2.45) is 0 Å². The molecule has 0 unspecified atom stereocenters. The van der Waals surface area contributed by atoms with Crippen LogP contribution in [0.4, 0.5) is 0 Å². The average molecular weight is 225 g/mol. The van der Waals surface area contributed by atoms with E-state index in [0.717, 1.165) is 5.56 Å². The lowest BCUT2D eigenvalue weighted by atomic mass is 10.1. The lowest BCUT2D eigenvalue weighted by molar-refractivity contribution is -0.437. The fraction of sp³-hybridized carbons (Fsp3) is 0.364. The first-order valence-electron chi connectivity index (χ1n) is 4.84. The minimum Gasteiger partial charge on any atom is -0.544 e. The van der Waals surface area contributed by atoms with Crippen LogP contribution in [0, 0.1) is 0 Å². The summed E-state index contributed by atoms with van der Waals surface area (Å²) in [6, 6.07) is 4.50. The molecular formula is C11H15NO4. The van der Waals surface area contributed by atoms with E-state index >= 15 is 0 Å². The molecule has 0 amide bonds. The van der Waals surface area contributed by atoms with Gasteiger partial charge in [-0.05, 0) is 6.07 Å². The van der Waals surface area contributed by atoms with E-state index in [2.05, 4.69) is 5.73 Å². The van der Waals surface area contributed by atoms with Crippen molar-refractivity contribution in [2.75, 3.05) is 14.2 Å². The largest absolute Gasteiger partial charge is 0.544 e. The molecule has 0 aliphatic rings. The molecule has 1 rings (SSSR count). The Morgan fingerprint density at radius 2 is 2.12 bits per heavy atom. The molecule has 0 saturated carbocycles. The molecule has 88 valence electrons. The Bertz CT molecular complexity index is 378. The number of quaternary nitrogens is 1. The number of rotatable bonds is 5. The molecular weight excluding hydrogens is 210 g/mol. The number of aliphatic carboxylic acids is 1. The Morgan fingerprint density at radius 1 is 1.44 bits per heavy atom. The summed E-state index contributed by atoms with van der Waals surface area (Å²) in [6.07, 6.45) is 0.253. The van der Waals surface area contributed by atoms with Crippen LogP contribution >= 0.6 is 0 Å². The molecule has 3 N–H and O–H groups in total. The first-order chi connectivity index (χ1) is 7.60. The van der Waals surface area contributed by atoms with Crippen molar-refractivity contribution in [2.45, 2.75) is 12.5 Å². The summed E-state index contributed by atoms with van der Waals surface area (Å²) >= 11 is 0. The number of para-hydroxylation sites is 1. The van der Waals surface area contributed by atoms with Crippen LogP contribution in [-0.4, -0.2) is 26.2 Å². The molecule has 0 aromatic heterocycles. The van der Waals surface area contributed by atoms with Crippen LogP contribution in [0.5, 0.6) is 11.5 Å². The number of hydrogen-bond donors (Lipinski definition) is 1. The van der Waals surface area contributed by atoms with Crippen LogP contribution in [0.3, 0.4) is 0 Å². The Morgan fingerprint density at radius 3 is 2.62 bits per heavy atom. The molecule has 0 radical (unpaired) electrons. The highest BCUT2D eigenvalue weighted by Crippen LogP contribution is 2.31. The fourth-order valence-corrected chi connectivity index (χ4v) is 1.46. The van der Waals surface area contributed by atoms with Gasteiger partial charge in [0.05, 0.1) is 20.2 Å². The SMILES string of the molecule is COc1cccc(C[C@@H]([NH3+])C(=O)[O-])c1OC. The highest BCUT2D eigenvalue weighted by Gasteiger charge is 2.15. The third-order valence-corrected chi connectivity index (χ3v) is 2.28. The molecule has 0 spiro atoms. The number of hydrogen-bond acceptors (Lipinski definition) is 4. The minimum atomic E-state index is -1.18. The lowest BCUT2D eigenvalue weighted by Crippen LogP contribution is -2.69. The van der Waals surface area contributed by atoms with E-state index in [1.54, 1.807) is 18.2 Å². The quantitative estimate of drug-likeness (QED) is 0.668. The maximum Gasteiger partial charge on any atom is 0.164 e. The molecule has 0 bridgehead atoms. The molecule has 0 heterocycles. The highest BCUT2D eigenvalue weighted by molar-refractivity contribution is 5.70. The normalized spacial score (nSPS) is 11.9. The van der Waals surface area contributed by atoms with Gasteiger partial charge in [0.1, 0.15) is 6.04 Å². The second kappa shape index (κ2) is 5.37. The lowest BCUT2D eigenvalue weighted by Gasteiger charge is -2.14. The fourth-order valence-electron chi connectivity index (χ4n) is 1.46. The monoisotopic (exact) mass is 225 g/mol. The minimum absolute atomic E-state index is 0.253. The van der Waals surface area contributed by atoms with Crippen molar-refractivity contribution in [1.82, 2.24) is 0 Å². The van der Waals surface area contributed by atoms with Gasteiger partial charge in [0.15, 0.2) is 11.5 Å². The number of carboxylic acids is 1. The number of carboxylic acid groups (broad SMARTS) is 1. The van der Waals surface area contributed by atoms with Gasteiger partial charge < -0.3 is 25.1 Å². The zero-order valence-corrected chi connectivity index (χ0v) is 9.36. The van der Waals surface area contributed by atoms with Crippen molar-refractivity contribution in [3.63, 3.8) is 0 Å². The van der Waals surface area contributed by atoms with Crippen molar-refractivity contribution >= 4 is 5.97 Å². The topological polar surface area (TPSA) is 86.2 Å². The average Bonchev–Trinajstić information content (AvgIpc) is 2.28. The molecule has 5 heteroatoms. The molecule has 0 aliphatic heterocycles. The molecule has 0 aliphatic carbocycles. The first-order valence-corrected chi connectivity index (χ1v) is 4.84. The Labute approximate surface area is 93.8 Å². The van der Waals surface area contributed by atoms with Gasteiger partial charge in [-0.25, -0.2) is 0 Å². The molecule has 1 aromatic rings. The smallest absolute Gasteiger partial charge is 0.164 e. The van der Waals surface area contributed by atoms with Gasteiger partial charge in [-0.1, -0.05) is 12.1 Å². The van der Waals surface area contributed by atoms with Crippen LogP contribution in [-0.2, 0) is 11.2 Å². The molecule has 0 fully saturated rings. The Balaban J connectivity index is 2.99. The van der Waals surface area contributed by atoms with E-state index in [0.29, 0.717) is 11.5 Å². The summed E-state index contributed by atoms with van der Waals surface area (Å²) in [5, 5.41) is 10.6. The molecule has 0 saturated heterocycles. The Kier molecular flexibility index (Phi) is 4.13. The van der Waals surface area contributed by atoms with Crippen molar-refractivity contribution < 1.29 is 25.1 Å². The van der Waals surface area contributed by atoms with Crippen LogP contribution < -0.4 is 20.3 Å². The summed E-state index contributed by atoms with van der Waals surface area (Å²) in [6.45, 7) is 0. The predicted molar refractivity (Wildman–Crippen MR) is 54.9 cm³/mol. The van der Waals surface area contributed by atoms with Gasteiger partial charge in [0.25, 0.3) is 0 Å². The maximum absolute atomic E-state index is 10.6. The summed E-state index contributed by atoms with van der Waals surface area (Å²) in [4.78, 5) is 10.6. The van der Waals surface area contributed by atoms with Crippen LogP contribution in [0.1, 0.15) is 5.56 Å². The van der Waals surface area contributed by atoms with Gasteiger partial charge >= 0.3 is 0 Å². The van der Waals surface area contributed by atoms with E-state index in [4.69, 9.17) is 9.47 Å². The standard InChI is InChI=1S/C11H15NO4/c1-15-9-5-3-4-7(10(9)16-2)6-8(12)11(13)14/h3-5,8H,6,12H2,1-2H3,(H,13,14)/t8-/m1/s1. The van der Waals surface area contributed by atoms with Crippen LogP contribution in [0.15, 0.2) is 18.2 Å². The number of carbonyl (C=O) groups is 1. The summed E-state index contributed by atoms with van der Waals surface area (Å²) in [7, 11) is 3.04. The van der Waals surface area contributed by atoms with Gasteiger partial charge in [0, 0.05) is 12.0 Å². The zero-order chi connectivity index (χ0) is 12.1. The predicted octanol–water partition coefficient (Wildman–Crippen LogP) is -1.39. The van der Waals surface area contributed by atoms with E-state index in [1.807, 2.05) is 0 Å². The summed E-state index contributed by atoms with van der Waals surface area (Å²) in [5.41, 5.74) is 4.25. The van der Waals surface area contributed by atoms with Crippen molar-refractivity contribution in [1.29, 1.82) is 0 Å². The van der Waals surface area contributed by atoms with Crippen molar-refractivity contribution in [3.05, 3.63) is 23.8 Å². The second-order valence-corrected chi connectivity index (χ2v) is 3.37. The highest BCUT2D eigenvalue weighted by atomic mass is 16.5. The molecule has 1 atom stereocenters. The number of methoxy groups -OCH3 is 2. The number of benzene rings is 1. The zero-order valence-electron chi connectivity index (χ0n) is 9.36. The van der Waals surface area contributed by atoms with Gasteiger partial charge in [-0.15, -0.1) is 0 Å². The summed E-state index contributed by atoms with van der Waals surface area (Å²) < 4.78 is 10.3. The molecule has 1 aromatic carbocycles. The Hall–Kier alpha value is -1.75. The van der Waals surface area contributed by atoms with Crippen molar-refractivity contribution in [3.8, 4) is 11.5 Å². The first kappa shape index (κ1) is 12.3. The second-order valence-electron chi connectivity index (χ2n) is 3.37. The molecule has 5 nitrogen and oxygen atoms in total. The van der Waals surface area contributed by atoms with Gasteiger partial charge in [-0.2, -0.15) is 0 Å². The van der Waals surface area contributed by atoms with E-state index in [-0.39, 0.29) is 6.42 Å². The van der Waals surface area contributed by atoms with Crippen LogP contribution in [0.25, 0.3) is 0 Å². The van der Waals surface area contributed by atoms with Gasteiger partial charge in [0.2, 0.25) is 0 Å². The van der Waals surface area contributed by atoms with E-state index in [9.17, 15) is 9.90 Å². The third-order valence-electron chi connectivity index (χ3n) is 2.28. The number of carbonyl (C=O) groups excluding carboxylic acids is 1. The van der Waals surface area contributed by atoms with E-state index < -0.39 is 12.0 Å². The maximum atomic E-state index is 10.6.